The number of rotatable bonds is 7. The Morgan fingerprint density at radius 1 is 0.973 bits per heavy atom. The summed E-state index contributed by atoms with van der Waals surface area (Å²) in [6.45, 7) is 1.61. The molecule has 0 N–H and O–H groups in total. The molecule has 192 valence electrons. The average molecular weight is 541 g/mol. The normalized spacial score (nSPS) is 20.4. The number of hydrogen-bond donors (Lipinski definition) is 0. The summed E-state index contributed by atoms with van der Waals surface area (Å²) in [5.41, 5.74) is 1.14. The Labute approximate surface area is 220 Å². The van der Waals surface area contributed by atoms with Crippen LogP contribution in [0.1, 0.15) is 23.3 Å². The molecule has 11 heteroatoms. The summed E-state index contributed by atoms with van der Waals surface area (Å²) in [5.74, 6) is -1.51. The molecule has 3 heterocycles. The fraction of sp³-hybridized carbons (Fsp3) is 0.308. The molecule has 1 saturated heterocycles. The third-order valence-corrected chi connectivity index (χ3v) is 9.05. The third kappa shape index (κ3) is 4.21. The Hall–Kier alpha value is -3.57. The minimum Gasteiger partial charge on any atom is -0.497 e. The number of hydrogen-bond acceptors (Lipinski definition) is 9. The van der Waals surface area contributed by atoms with Gasteiger partial charge in [-0.15, -0.1) is 0 Å². The predicted molar refractivity (Wildman–Crippen MR) is 139 cm³/mol. The number of amides is 2. The lowest BCUT2D eigenvalue weighted by Gasteiger charge is -2.31. The van der Waals surface area contributed by atoms with Gasteiger partial charge in [-0.3, -0.25) is 23.7 Å². The number of carbonyl (C=O) groups excluding carboxylic acids is 3. The maximum Gasteiger partial charge on any atom is 0.326 e. The van der Waals surface area contributed by atoms with Gasteiger partial charge >= 0.3 is 10.8 Å². The summed E-state index contributed by atoms with van der Waals surface area (Å²) < 4.78 is 17.2. The zero-order valence-electron chi connectivity index (χ0n) is 20.3. The Morgan fingerprint density at radius 2 is 1.70 bits per heavy atom. The summed E-state index contributed by atoms with van der Waals surface area (Å²) in [5, 5.41) is -0.294. The molecule has 2 aliphatic heterocycles. The third-order valence-electron chi connectivity index (χ3n) is 6.45. The fourth-order valence-electron chi connectivity index (χ4n) is 4.84. The van der Waals surface area contributed by atoms with Crippen LogP contribution in [0.25, 0.3) is 0 Å². The maximum absolute atomic E-state index is 13.9. The van der Waals surface area contributed by atoms with Gasteiger partial charge in [-0.1, -0.05) is 41.3 Å². The van der Waals surface area contributed by atoms with Crippen molar-refractivity contribution in [1.29, 1.82) is 0 Å². The second-order valence-corrected chi connectivity index (χ2v) is 10.5. The minimum absolute atomic E-state index is 0.186. The molecule has 5 rings (SSSR count). The zero-order chi connectivity index (χ0) is 26.3. The standard InChI is InChI=1S/C26H24N2O7S2/c1-4-35-18(29)13-27-25-22(37-26(27)32)19(16-7-5-6-8-17(16)34-3)20-21(36-25)24(31)28(23(20)30)14-9-11-15(33-2)12-10-14/h5-12,19-21H,4,13H2,1-3H3/t19-,20?,21?/m1/s1. The van der Waals surface area contributed by atoms with Crippen LogP contribution in [-0.4, -0.2) is 48.4 Å². The Kier molecular flexibility index (Phi) is 6.82. The number of esters is 1. The van der Waals surface area contributed by atoms with E-state index in [9.17, 15) is 19.2 Å². The van der Waals surface area contributed by atoms with Crippen LogP contribution in [0.4, 0.5) is 5.69 Å². The monoisotopic (exact) mass is 540 g/mol. The van der Waals surface area contributed by atoms with Crippen LogP contribution in [0.15, 0.2) is 58.4 Å². The number of nitrogens with zero attached hydrogens (tertiary/aromatic N) is 2. The number of methoxy groups -OCH3 is 2. The first-order chi connectivity index (χ1) is 17.9. The summed E-state index contributed by atoms with van der Waals surface area (Å²) in [6.07, 6.45) is 0. The van der Waals surface area contributed by atoms with Crippen LogP contribution < -0.4 is 19.2 Å². The number of carbonyl (C=O) groups is 3. The second-order valence-electron chi connectivity index (χ2n) is 8.42. The van der Waals surface area contributed by atoms with Crippen LogP contribution >= 0.6 is 23.1 Å². The van der Waals surface area contributed by atoms with Crippen molar-refractivity contribution in [1.82, 2.24) is 4.57 Å². The Morgan fingerprint density at radius 3 is 2.38 bits per heavy atom. The van der Waals surface area contributed by atoms with Crippen molar-refractivity contribution in [2.24, 2.45) is 5.92 Å². The lowest BCUT2D eigenvalue weighted by Crippen LogP contribution is -2.33. The number of ether oxygens (including phenoxy) is 3. The first kappa shape index (κ1) is 25.1. The van der Waals surface area contributed by atoms with Gasteiger partial charge in [-0.25, -0.2) is 4.90 Å². The number of aromatic nitrogens is 1. The number of thiazole rings is 1. The van der Waals surface area contributed by atoms with E-state index in [1.807, 2.05) is 18.2 Å². The quantitative estimate of drug-likeness (QED) is 0.332. The lowest BCUT2D eigenvalue weighted by molar-refractivity contribution is -0.144. The van der Waals surface area contributed by atoms with Gasteiger partial charge in [0.05, 0.1) is 37.5 Å². The number of benzene rings is 2. The molecule has 3 aromatic rings. The number of para-hydroxylation sites is 1. The van der Waals surface area contributed by atoms with Crippen LogP contribution in [0.5, 0.6) is 11.5 Å². The molecule has 0 bridgehead atoms. The molecule has 1 fully saturated rings. The van der Waals surface area contributed by atoms with E-state index < -0.39 is 23.1 Å². The molecule has 2 amide bonds. The molecule has 2 aromatic carbocycles. The van der Waals surface area contributed by atoms with Gasteiger partial charge in [0.1, 0.15) is 23.3 Å². The van der Waals surface area contributed by atoms with Crippen molar-refractivity contribution in [3.8, 4) is 11.5 Å². The van der Waals surface area contributed by atoms with Crippen molar-refractivity contribution in [2.45, 2.75) is 29.7 Å². The van der Waals surface area contributed by atoms with Crippen molar-refractivity contribution in [2.75, 3.05) is 25.7 Å². The van der Waals surface area contributed by atoms with Crippen LogP contribution in [0.2, 0.25) is 0 Å². The van der Waals surface area contributed by atoms with Crippen LogP contribution in [-0.2, 0) is 25.7 Å². The summed E-state index contributed by atoms with van der Waals surface area (Å²) >= 11 is 2.13. The minimum atomic E-state index is -0.792. The van der Waals surface area contributed by atoms with Crippen molar-refractivity contribution < 1.29 is 28.6 Å². The van der Waals surface area contributed by atoms with Crippen molar-refractivity contribution in [3.63, 3.8) is 0 Å². The van der Waals surface area contributed by atoms with Crippen molar-refractivity contribution in [3.05, 3.63) is 68.6 Å². The van der Waals surface area contributed by atoms with E-state index in [0.717, 1.165) is 23.1 Å². The SMILES string of the molecule is CCOC(=O)Cn1c2c(sc1=O)[C@H](c1ccccc1OC)C1C(=O)N(c3ccc(OC)cc3)C(=O)C1S2. The number of imide groups is 1. The van der Waals surface area contributed by atoms with Gasteiger partial charge in [0.25, 0.3) is 0 Å². The Bertz CT molecular complexity index is 1430. The van der Waals surface area contributed by atoms with Gasteiger partial charge in [0, 0.05) is 16.4 Å². The number of anilines is 1. The second kappa shape index (κ2) is 10.1. The molecule has 0 radical (unpaired) electrons. The highest BCUT2D eigenvalue weighted by Gasteiger charge is 2.57. The molecular weight excluding hydrogens is 516 g/mol. The van der Waals surface area contributed by atoms with Gasteiger partial charge in [-0.2, -0.15) is 0 Å². The topological polar surface area (TPSA) is 104 Å². The molecule has 37 heavy (non-hydrogen) atoms. The molecule has 9 nitrogen and oxygen atoms in total. The smallest absolute Gasteiger partial charge is 0.326 e. The van der Waals surface area contributed by atoms with E-state index in [1.54, 1.807) is 44.4 Å². The first-order valence-electron chi connectivity index (χ1n) is 11.6. The molecule has 0 aliphatic carbocycles. The van der Waals surface area contributed by atoms with E-state index in [2.05, 4.69) is 0 Å². The first-order valence-corrected chi connectivity index (χ1v) is 13.3. The average Bonchev–Trinajstić information content (AvgIpc) is 3.35. The molecule has 1 aromatic heterocycles. The van der Waals surface area contributed by atoms with E-state index in [0.29, 0.717) is 32.7 Å². The van der Waals surface area contributed by atoms with E-state index in [1.165, 1.54) is 16.6 Å². The molecule has 2 unspecified atom stereocenters. The van der Waals surface area contributed by atoms with Crippen LogP contribution in [0.3, 0.4) is 0 Å². The zero-order valence-corrected chi connectivity index (χ0v) is 22.0. The Balaban J connectivity index is 1.65. The molecule has 0 spiro atoms. The van der Waals surface area contributed by atoms with Gasteiger partial charge in [0.2, 0.25) is 11.8 Å². The van der Waals surface area contributed by atoms with E-state index >= 15 is 0 Å². The maximum atomic E-state index is 13.9. The summed E-state index contributed by atoms with van der Waals surface area (Å²) in [4.78, 5) is 54.5. The number of thioether (sulfide) groups is 1. The van der Waals surface area contributed by atoms with E-state index in [-0.39, 0.29) is 29.8 Å². The predicted octanol–water partition coefficient (Wildman–Crippen LogP) is 3.29. The largest absolute Gasteiger partial charge is 0.497 e. The molecule has 3 atom stereocenters. The summed E-state index contributed by atoms with van der Waals surface area (Å²) in [6, 6.07) is 14.0. The summed E-state index contributed by atoms with van der Waals surface area (Å²) in [7, 11) is 3.08. The van der Waals surface area contributed by atoms with Gasteiger partial charge in [-0.05, 0) is 37.3 Å². The lowest BCUT2D eigenvalue weighted by atomic mass is 9.82. The van der Waals surface area contributed by atoms with Gasteiger partial charge < -0.3 is 14.2 Å². The molecule has 2 aliphatic rings. The molecule has 0 saturated carbocycles. The number of fused-ring (bicyclic) bond motifs is 2. The highest BCUT2D eigenvalue weighted by atomic mass is 32.2. The van der Waals surface area contributed by atoms with E-state index in [4.69, 9.17) is 14.2 Å². The van der Waals surface area contributed by atoms with Gasteiger partial charge in [0.15, 0.2) is 0 Å². The van der Waals surface area contributed by atoms with Crippen molar-refractivity contribution >= 4 is 46.6 Å². The van der Waals surface area contributed by atoms with Crippen LogP contribution in [0, 0.1) is 5.92 Å². The fourth-order valence-corrected chi connectivity index (χ4v) is 7.60. The molecular formula is C26H24N2O7S2. The highest BCUT2D eigenvalue weighted by Crippen LogP contribution is 2.55. The highest BCUT2D eigenvalue weighted by molar-refractivity contribution is 8.00.